The van der Waals surface area contributed by atoms with Crippen LogP contribution in [0.3, 0.4) is 0 Å². The third kappa shape index (κ3) is 14.3. The number of benzene rings is 2. The monoisotopic (exact) mass is 919 g/mol. The molecular formula is C51H65N7O9. The lowest BCUT2D eigenvalue weighted by Gasteiger charge is -2.33. The van der Waals surface area contributed by atoms with E-state index in [-0.39, 0.29) is 36.0 Å². The van der Waals surface area contributed by atoms with Crippen molar-refractivity contribution in [2.45, 2.75) is 82.7 Å². The smallest absolute Gasteiger partial charge is 0.255 e. The Balaban J connectivity index is 0.675. The van der Waals surface area contributed by atoms with Gasteiger partial charge >= 0.3 is 0 Å². The van der Waals surface area contributed by atoms with E-state index >= 15 is 0 Å². The van der Waals surface area contributed by atoms with Crippen LogP contribution in [0, 0.1) is 5.92 Å². The lowest BCUT2D eigenvalue weighted by Crippen LogP contribution is -2.52. The molecule has 0 spiro atoms. The van der Waals surface area contributed by atoms with Crippen LogP contribution >= 0.6 is 0 Å². The molecule has 1 aromatic heterocycles. The molecule has 16 heteroatoms. The van der Waals surface area contributed by atoms with Gasteiger partial charge in [-0.25, -0.2) is 0 Å². The molecular weight excluding hydrogens is 855 g/mol. The van der Waals surface area contributed by atoms with Crippen LogP contribution in [0.15, 0.2) is 73.1 Å². The third-order valence-corrected chi connectivity index (χ3v) is 13.2. The van der Waals surface area contributed by atoms with Gasteiger partial charge in [0.2, 0.25) is 23.6 Å². The number of aromatic nitrogens is 1. The topological polar surface area (TPSA) is 189 Å². The molecule has 3 aromatic rings. The van der Waals surface area contributed by atoms with Gasteiger partial charge < -0.3 is 39.5 Å². The van der Waals surface area contributed by atoms with Gasteiger partial charge in [-0.15, -0.1) is 0 Å². The number of nitrogens with zero attached hydrogens (tertiary/aromatic N) is 4. The number of piperidine rings is 3. The van der Waals surface area contributed by atoms with Gasteiger partial charge in [0, 0.05) is 93.1 Å². The molecule has 4 aliphatic heterocycles. The summed E-state index contributed by atoms with van der Waals surface area (Å²) in [5.74, 6) is 0.103. The van der Waals surface area contributed by atoms with Gasteiger partial charge in [0.25, 0.3) is 11.8 Å². The maximum Gasteiger partial charge on any atom is 0.255 e. The van der Waals surface area contributed by atoms with E-state index in [2.05, 4.69) is 33.1 Å². The molecule has 0 saturated carbocycles. The zero-order valence-corrected chi connectivity index (χ0v) is 38.5. The molecule has 1 atom stereocenters. The lowest BCUT2D eigenvalue weighted by molar-refractivity contribution is -0.137. The number of likely N-dealkylation sites (tertiary alicyclic amines) is 2. The molecule has 358 valence electrons. The average Bonchev–Trinajstić information content (AvgIpc) is 3.69. The van der Waals surface area contributed by atoms with E-state index in [4.69, 9.17) is 14.2 Å². The van der Waals surface area contributed by atoms with Gasteiger partial charge in [-0.1, -0.05) is 37.1 Å². The first kappa shape index (κ1) is 48.9. The Labute approximate surface area is 393 Å². The Hall–Kier alpha value is -5.97. The van der Waals surface area contributed by atoms with E-state index in [9.17, 15) is 28.8 Å². The number of fused-ring (bicyclic) bond motifs is 1. The van der Waals surface area contributed by atoms with Gasteiger partial charge in [-0.3, -0.25) is 39.1 Å². The number of carbonyl (C=O) groups is 6. The predicted molar refractivity (Wildman–Crippen MR) is 252 cm³/mol. The van der Waals surface area contributed by atoms with E-state index in [1.165, 1.54) is 10.5 Å². The zero-order valence-electron chi connectivity index (χ0n) is 38.5. The lowest BCUT2D eigenvalue weighted by atomic mass is 9.88. The minimum absolute atomic E-state index is 0.0910. The number of rotatable bonds is 23. The molecule has 3 fully saturated rings. The number of anilines is 1. The van der Waals surface area contributed by atoms with Crippen LogP contribution in [0.5, 0.6) is 0 Å². The number of pyridine rings is 1. The number of amides is 6. The van der Waals surface area contributed by atoms with Crippen LogP contribution in [0.2, 0.25) is 0 Å². The minimum atomic E-state index is -0.652. The Morgan fingerprint density at radius 1 is 0.776 bits per heavy atom. The quantitative estimate of drug-likeness (QED) is 0.0664. The summed E-state index contributed by atoms with van der Waals surface area (Å²) in [5, 5.41) is 8.62. The van der Waals surface area contributed by atoms with Gasteiger partial charge in [-0.2, -0.15) is 0 Å². The molecule has 0 bridgehead atoms. The number of hydrogen-bond acceptors (Lipinski definition) is 11. The normalized spacial score (nSPS) is 18.1. The van der Waals surface area contributed by atoms with Crippen molar-refractivity contribution >= 4 is 47.2 Å². The summed E-state index contributed by atoms with van der Waals surface area (Å²) in [6.07, 6.45) is 14.5. The van der Waals surface area contributed by atoms with Crippen molar-refractivity contribution < 1.29 is 43.0 Å². The van der Waals surface area contributed by atoms with Crippen LogP contribution in [0.25, 0.3) is 6.08 Å². The molecule has 4 aliphatic rings. The predicted octanol–water partition coefficient (Wildman–Crippen LogP) is 4.95. The second kappa shape index (κ2) is 25.2. The first-order valence-corrected chi connectivity index (χ1v) is 24.0. The fraction of sp³-hybridized carbons (Fsp3) is 0.510. The summed E-state index contributed by atoms with van der Waals surface area (Å²) < 4.78 is 17.0. The Morgan fingerprint density at radius 2 is 1.51 bits per heavy atom. The fourth-order valence-corrected chi connectivity index (χ4v) is 9.31. The highest BCUT2D eigenvalue weighted by Crippen LogP contribution is 2.33. The number of ether oxygens (including phenoxy) is 3. The van der Waals surface area contributed by atoms with Crippen molar-refractivity contribution in [1.82, 2.24) is 30.3 Å². The first-order chi connectivity index (χ1) is 32.7. The minimum Gasteiger partial charge on any atom is -0.382 e. The van der Waals surface area contributed by atoms with Crippen molar-refractivity contribution in [3.8, 4) is 0 Å². The van der Waals surface area contributed by atoms with E-state index in [1.54, 1.807) is 30.6 Å². The molecule has 1 unspecified atom stereocenters. The molecule has 6 amide bonds. The van der Waals surface area contributed by atoms with E-state index in [1.807, 2.05) is 46.2 Å². The molecule has 7 rings (SSSR count). The van der Waals surface area contributed by atoms with Crippen LogP contribution < -0.4 is 16.0 Å². The Morgan fingerprint density at radius 3 is 2.24 bits per heavy atom. The summed E-state index contributed by atoms with van der Waals surface area (Å²) in [5.41, 5.74) is 5.04. The Bertz CT molecular complexity index is 2170. The summed E-state index contributed by atoms with van der Waals surface area (Å²) in [4.78, 5) is 84.8. The van der Waals surface area contributed by atoms with Crippen LogP contribution in [0.1, 0.15) is 108 Å². The standard InChI is InChI=1S/C51H65N7O9/c59-46(15-9-38-6-4-22-52-35-38)54-23-2-1-5-37-17-25-57(26-18-37)50(63)41-12-10-39(11-13-41)40-19-27-56(28-20-40)48(61)21-29-65-31-33-67-34-32-66-30-24-53-44-8-3-7-42-43(44)36-58(51(42)64)45-14-16-47(60)55-49(45)62/h3-4,6-13,15,22,35,37,40,45,53H,1-2,5,14,16-21,23-34,36H2,(H,54,59)(H,55,60,62)/b15-9+. The number of nitrogens with one attached hydrogen (secondary N) is 3. The molecule has 5 heterocycles. The van der Waals surface area contributed by atoms with E-state index in [0.29, 0.717) is 103 Å². The number of hydrogen-bond donors (Lipinski definition) is 3. The molecule has 67 heavy (non-hydrogen) atoms. The molecule has 0 radical (unpaired) electrons. The average molecular weight is 920 g/mol. The SMILES string of the molecule is O=C(/C=C/c1cccnc1)NCCCCC1CCN(C(=O)c2ccc(C3CCN(C(=O)CCOCCOCCOCCNc4cccc5c4CN(C4CCC(=O)NC4=O)C5=O)CC3)cc2)CC1. The molecule has 16 nitrogen and oxygen atoms in total. The van der Waals surface area contributed by atoms with Crippen molar-refractivity contribution in [2.75, 3.05) is 84.2 Å². The number of unbranched alkanes of at least 4 members (excludes halogenated alkanes) is 1. The van der Waals surface area contributed by atoms with Crippen LogP contribution in [-0.4, -0.2) is 140 Å². The van der Waals surface area contributed by atoms with Gasteiger partial charge in [-0.05, 0) is 97.9 Å². The second-order valence-corrected chi connectivity index (χ2v) is 17.7. The third-order valence-electron chi connectivity index (χ3n) is 13.2. The summed E-state index contributed by atoms with van der Waals surface area (Å²) in [6.45, 7) is 6.80. The maximum absolute atomic E-state index is 13.3. The zero-order chi connectivity index (χ0) is 46.8. The highest BCUT2D eigenvalue weighted by atomic mass is 16.5. The highest BCUT2D eigenvalue weighted by Gasteiger charge is 2.40. The van der Waals surface area contributed by atoms with Crippen molar-refractivity contribution in [1.29, 1.82) is 0 Å². The molecule has 3 N–H and O–H groups in total. The van der Waals surface area contributed by atoms with Crippen LogP contribution in [-0.2, 0) is 39.9 Å². The second-order valence-electron chi connectivity index (χ2n) is 17.7. The van der Waals surface area contributed by atoms with Crippen molar-refractivity contribution in [3.63, 3.8) is 0 Å². The summed E-state index contributed by atoms with van der Waals surface area (Å²) >= 11 is 0. The van der Waals surface area contributed by atoms with Crippen molar-refractivity contribution in [3.05, 3.63) is 101 Å². The number of imide groups is 1. The van der Waals surface area contributed by atoms with Crippen LogP contribution in [0.4, 0.5) is 5.69 Å². The number of carbonyl (C=O) groups excluding carboxylic acids is 6. The first-order valence-electron chi connectivity index (χ1n) is 24.0. The van der Waals surface area contributed by atoms with Gasteiger partial charge in [0.1, 0.15) is 6.04 Å². The van der Waals surface area contributed by atoms with Gasteiger partial charge in [0.15, 0.2) is 0 Å². The largest absolute Gasteiger partial charge is 0.382 e. The molecule has 0 aliphatic carbocycles. The molecule has 3 saturated heterocycles. The van der Waals surface area contributed by atoms with Crippen molar-refractivity contribution in [2.24, 2.45) is 5.92 Å². The maximum atomic E-state index is 13.3. The Kier molecular flexibility index (Phi) is 18.4. The fourth-order valence-electron chi connectivity index (χ4n) is 9.31. The molecule has 2 aromatic carbocycles. The summed E-state index contributed by atoms with van der Waals surface area (Å²) in [7, 11) is 0. The van der Waals surface area contributed by atoms with Gasteiger partial charge in [0.05, 0.1) is 46.1 Å². The van der Waals surface area contributed by atoms with E-state index < -0.39 is 11.9 Å². The highest BCUT2D eigenvalue weighted by molar-refractivity contribution is 6.06. The van der Waals surface area contributed by atoms with E-state index in [0.717, 1.165) is 80.4 Å². The summed E-state index contributed by atoms with van der Waals surface area (Å²) in [6, 6.07) is 16.6.